The first-order chi connectivity index (χ1) is 10.4. The number of aliphatic hydroxyl groups is 4. The maximum absolute atomic E-state index is 10.1. The molecule has 1 unspecified atom stereocenters. The van der Waals surface area contributed by atoms with Crippen LogP contribution in [-0.2, 0) is 14.2 Å². The Labute approximate surface area is 128 Å². The Morgan fingerprint density at radius 2 is 1.82 bits per heavy atom. The predicted molar refractivity (Wildman–Crippen MR) is 74.6 cm³/mol. The molecule has 2 aliphatic rings. The molecule has 9 nitrogen and oxygen atoms in total. The normalized spacial score (nSPS) is 50.0. The molecule has 1 saturated carbocycles. The van der Waals surface area contributed by atoms with Gasteiger partial charge in [0, 0.05) is 13.0 Å². The number of aliphatic hydroxyl groups excluding tert-OH is 4. The van der Waals surface area contributed by atoms with Crippen LogP contribution in [0.4, 0.5) is 0 Å². The van der Waals surface area contributed by atoms with Crippen LogP contribution < -0.4 is 11.5 Å². The Morgan fingerprint density at radius 3 is 2.41 bits per heavy atom. The lowest BCUT2D eigenvalue weighted by Gasteiger charge is -2.44. The second-order valence-corrected chi connectivity index (χ2v) is 5.92. The van der Waals surface area contributed by atoms with E-state index in [0.29, 0.717) is 6.42 Å². The fourth-order valence-electron chi connectivity index (χ4n) is 3.05. The highest BCUT2D eigenvalue weighted by molar-refractivity contribution is 4.97. The zero-order chi connectivity index (χ0) is 16.4. The van der Waals surface area contributed by atoms with E-state index in [1.54, 1.807) is 0 Å². The maximum atomic E-state index is 10.1. The standard InChI is InChI=1S/C13H26N2O7/c1-20-13-11(19)12(6(16)4-21-13)22-7-2-5(3-14)9(17)10(18)8(7)15/h5-13,16-19H,2-4,14-15H2,1H3/t5-,6+,7-,8-,9+,10+,11+,12+,13?/m0/s1. The molecule has 9 atom stereocenters. The summed E-state index contributed by atoms with van der Waals surface area (Å²) in [5.74, 6) is -0.368. The molecule has 22 heavy (non-hydrogen) atoms. The van der Waals surface area contributed by atoms with Crippen LogP contribution in [0.2, 0.25) is 0 Å². The molecule has 0 aromatic heterocycles. The molecule has 1 heterocycles. The second-order valence-electron chi connectivity index (χ2n) is 5.92. The molecule has 1 saturated heterocycles. The first-order valence-electron chi connectivity index (χ1n) is 7.38. The second kappa shape index (κ2) is 7.47. The number of hydrogen-bond acceptors (Lipinski definition) is 9. The van der Waals surface area contributed by atoms with Crippen LogP contribution in [-0.4, -0.2) is 89.6 Å². The van der Waals surface area contributed by atoms with Gasteiger partial charge < -0.3 is 46.1 Å². The number of nitrogens with two attached hydrogens (primary N) is 2. The summed E-state index contributed by atoms with van der Waals surface area (Å²) in [5, 5.41) is 40.0. The third-order valence-corrected chi connectivity index (χ3v) is 4.48. The topological polar surface area (TPSA) is 161 Å². The van der Waals surface area contributed by atoms with E-state index in [2.05, 4.69) is 0 Å². The van der Waals surface area contributed by atoms with Crippen molar-refractivity contribution in [3.05, 3.63) is 0 Å². The summed E-state index contributed by atoms with van der Waals surface area (Å²) in [7, 11) is 1.37. The van der Waals surface area contributed by atoms with Gasteiger partial charge in [0.05, 0.1) is 31.0 Å². The van der Waals surface area contributed by atoms with Crippen LogP contribution >= 0.6 is 0 Å². The molecule has 2 fully saturated rings. The third kappa shape index (κ3) is 3.42. The molecule has 0 radical (unpaired) electrons. The molecular formula is C13H26N2O7. The summed E-state index contributed by atoms with van der Waals surface area (Å²) in [4.78, 5) is 0. The highest BCUT2D eigenvalue weighted by Gasteiger charge is 2.46. The van der Waals surface area contributed by atoms with Crippen molar-refractivity contribution in [2.75, 3.05) is 20.3 Å². The maximum Gasteiger partial charge on any atom is 0.185 e. The lowest BCUT2D eigenvalue weighted by molar-refractivity contribution is -0.283. The molecule has 0 spiro atoms. The molecule has 1 aliphatic carbocycles. The predicted octanol–water partition coefficient (Wildman–Crippen LogP) is -3.51. The first-order valence-corrected chi connectivity index (χ1v) is 7.38. The van der Waals surface area contributed by atoms with Crippen LogP contribution in [0.3, 0.4) is 0 Å². The van der Waals surface area contributed by atoms with Crippen molar-refractivity contribution >= 4 is 0 Å². The molecule has 9 heteroatoms. The minimum absolute atomic E-state index is 0.0479. The largest absolute Gasteiger partial charge is 0.390 e. The summed E-state index contributed by atoms with van der Waals surface area (Å²) < 4.78 is 15.9. The molecule has 0 amide bonds. The Balaban J connectivity index is 2.07. The van der Waals surface area contributed by atoms with E-state index >= 15 is 0 Å². The Morgan fingerprint density at radius 1 is 1.14 bits per heavy atom. The summed E-state index contributed by atoms with van der Waals surface area (Å²) in [6.45, 7) is 0.123. The zero-order valence-corrected chi connectivity index (χ0v) is 12.5. The van der Waals surface area contributed by atoms with Crippen molar-refractivity contribution in [1.29, 1.82) is 0 Å². The summed E-state index contributed by atoms with van der Waals surface area (Å²) in [6.07, 6.45) is -6.64. The van der Waals surface area contributed by atoms with Crippen LogP contribution in [0.15, 0.2) is 0 Å². The minimum atomic E-state index is -1.19. The first kappa shape index (κ1) is 18.0. The van der Waals surface area contributed by atoms with Crippen LogP contribution in [0, 0.1) is 5.92 Å². The highest BCUT2D eigenvalue weighted by atomic mass is 16.7. The molecule has 2 rings (SSSR count). The Bertz CT molecular complexity index is 359. The van der Waals surface area contributed by atoms with Gasteiger partial charge in [-0.25, -0.2) is 0 Å². The Hall–Kier alpha value is -0.360. The lowest BCUT2D eigenvalue weighted by Crippen LogP contribution is -2.63. The minimum Gasteiger partial charge on any atom is -0.390 e. The van der Waals surface area contributed by atoms with Crippen LogP contribution in [0.1, 0.15) is 6.42 Å². The molecule has 0 bridgehead atoms. The number of rotatable bonds is 4. The third-order valence-electron chi connectivity index (χ3n) is 4.48. The molecule has 8 N–H and O–H groups in total. The van der Waals surface area contributed by atoms with E-state index in [4.69, 9.17) is 25.7 Å². The summed E-state index contributed by atoms with van der Waals surface area (Å²) in [5.41, 5.74) is 11.5. The smallest absolute Gasteiger partial charge is 0.185 e. The van der Waals surface area contributed by atoms with Gasteiger partial charge in [-0.15, -0.1) is 0 Å². The van der Waals surface area contributed by atoms with Gasteiger partial charge in [0.25, 0.3) is 0 Å². The van der Waals surface area contributed by atoms with Crippen molar-refractivity contribution in [3.8, 4) is 0 Å². The van der Waals surface area contributed by atoms with Crippen LogP contribution in [0.5, 0.6) is 0 Å². The quantitative estimate of drug-likeness (QED) is 0.308. The fourth-order valence-corrected chi connectivity index (χ4v) is 3.05. The number of methoxy groups -OCH3 is 1. The fraction of sp³-hybridized carbons (Fsp3) is 1.00. The van der Waals surface area contributed by atoms with Crippen molar-refractivity contribution in [3.63, 3.8) is 0 Å². The zero-order valence-electron chi connectivity index (χ0n) is 12.5. The average Bonchev–Trinajstić information content (AvgIpc) is 2.51. The monoisotopic (exact) mass is 322 g/mol. The van der Waals surface area contributed by atoms with Gasteiger partial charge in [0.1, 0.15) is 18.3 Å². The Kier molecular flexibility index (Phi) is 6.11. The van der Waals surface area contributed by atoms with E-state index < -0.39 is 49.0 Å². The molecule has 0 aromatic rings. The van der Waals surface area contributed by atoms with Gasteiger partial charge in [-0.2, -0.15) is 0 Å². The summed E-state index contributed by atoms with van der Waals surface area (Å²) in [6, 6.07) is -0.846. The van der Waals surface area contributed by atoms with Gasteiger partial charge in [-0.05, 0) is 13.0 Å². The van der Waals surface area contributed by atoms with E-state index in [9.17, 15) is 20.4 Å². The number of ether oxygens (including phenoxy) is 3. The number of hydrogen-bond donors (Lipinski definition) is 6. The SMILES string of the molecule is COC1OC[C@@H](O)[C@@H](O[C@H]2C[C@@H](CN)[C@@H](O)[C@H](O)[C@H]2N)[C@H]1O. The van der Waals surface area contributed by atoms with Gasteiger partial charge in [0.15, 0.2) is 6.29 Å². The van der Waals surface area contributed by atoms with Crippen molar-refractivity contribution < 1.29 is 34.6 Å². The van der Waals surface area contributed by atoms with Crippen molar-refractivity contribution in [2.24, 2.45) is 17.4 Å². The van der Waals surface area contributed by atoms with E-state index in [1.807, 2.05) is 0 Å². The summed E-state index contributed by atoms with van der Waals surface area (Å²) >= 11 is 0. The molecular weight excluding hydrogens is 296 g/mol. The van der Waals surface area contributed by atoms with E-state index in [1.165, 1.54) is 7.11 Å². The average molecular weight is 322 g/mol. The van der Waals surface area contributed by atoms with Crippen molar-refractivity contribution in [2.45, 2.75) is 55.4 Å². The van der Waals surface area contributed by atoms with Gasteiger partial charge >= 0.3 is 0 Å². The molecule has 1 aliphatic heterocycles. The van der Waals surface area contributed by atoms with Gasteiger partial charge in [0.2, 0.25) is 0 Å². The van der Waals surface area contributed by atoms with Crippen molar-refractivity contribution in [1.82, 2.24) is 0 Å². The highest BCUT2D eigenvalue weighted by Crippen LogP contribution is 2.29. The molecule has 130 valence electrons. The lowest BCUT2D eigenvalue weighted by atomic mass is 9.79. The van der Waals surface area contributed by atoms with Crippen LogP contribution in [0.25, 0.3) is 0 Å². The van der Waals surface area contributed by atoms with E-state index in [0.717, 1.165) is 0 Å². The van der Waals surface area contributed by atoms with E-state index in [-0.39, 0.29) is 19.1 Å². The van der Waals surface area contributed by atoms with Gasteiger partial charge in [-0.3, -0.25) is 0 Å². The van der Waals surface area contributed by atoms with Gasteiger partial charge in [-0.1, -0.05) is 0 Å². The molecule has 0 aromatic carbocycles.